The Labute approximate surface area is 157 Å². The van der Waals surface area contributed by atoms with E-state index >= 15 is 0 Å². The second-order valence-electron chi connectivity index (χ2n) is 7.76. The molecular formula is C18H25ClFNO3S. The number of hydrogen-bond acceptors (Lipinski definition) is 4. The predicted molar refractivity (Wildman–Crippen MR) is 101 cm³/mol. The lowest BCUT2D eigenvalue weighted by atomic mass is 9.95. The molecule has 0 aromatic heterocycles. The lowest BCUT2D eigenvalue weighted by Gasteiger charge is -2.22. The zero-order chi connectivity index (χ0) is 19.6. The first-order valence-corrected chi connectivity index (χ1v) is 9.16. The quantitative estimate of drug-likeness (QED) is 0.561. The second kappa shape index (κ2) is 7.96. The summed E-state index contributed by atoms with van der Waals surface area (Å²) in [5.41, 5.74) is -1.23. The van der Waals surface area contributed by atoms with Crippen LogP contribution in [0.4, 0.5) is 10.1 Å². The molecule has 4 nitrogen and oxygen atoms in total. The Kier molecular flexibility index (Phi) is 6.93. The van der Waals surface area contributed by atoms with E-state index in [1.165, 1.54) is 6.07 Å². The maximum Gasteiger partial charge on any atom is 0.319 e. The van der Waals surface area contributed by atoms with Gasteiger partial charge >= 0.3 is 5.97 Å². The van der Waals surface area contributed by atoms with Crippen LogP contribution in [0.15, 0.2) is 17.0 Å². The predicted octanol–water partition coefficient (Wildman–Crippen LogP) is 5.29. The van der Waals surface area contributed by atoms with Crippen LogP contribution in [0.25, 0.3) is 0 Å². The van der Waals surface area contributed by atoms with Crippen molar-refractivity contribution in [2.45, 2.75) is 64.2 Å². The first kappa shape index (κ1) is 21.8. The van der Waals surface area contributed by atoms with Gasteiger partial charge in [-0.05, 0) is 39.8 Å². The highest BCUT2D eigenvalue weighted by atomic mass is 35.5. The molecule has 1 atom stereocenters. The molecule has 0 saturated carbocycles. The fraction of sp³-hybridized carbons (Fsp3) is 0.556. The number of carbonyl (C=O) groups is 2. The van der Waals surface area contributed by atoms with Gasteiger partial charge in [-0.3, -0.25) is 9.59 Å². The van der Waals surface area contributed by atoms with E-state index in [-0.39, 0.29) is 16.6 Å². The topological polar surface area (TPSA) is 55.4 Å². The average Bonchev–Trinajstić information content (AvgIpc) is 2.40. The van der Waals surface area contributed by atoms with Crippen LogP contribution in [0.3, 0.4) is 0 Å². The van der Waals surface area contributed by atoms with Crippen molar-refractivity contribution >= 4 is 40.9 Å². The van der Waals surface area contributed by atoms with Crippen LogP contribution in [0.5, 0.6) is 0 Å². The highest BCUT2D eigenvalue weighted by molar-refractivity contribution is 8.00. The molecule has 0 aliphatic rings. The van der Waals surface area contributed by atoms with Crippen LogP contribution in [-0.4, -0.2) is 22.7 Å². The van der Waals surface area contributed by atoms with Gasteiger partial charge in [-0.2, -0.15) is 0 Å². The smallest absolute Gasteiger partial charge is 0.319 e. The van der Waals surface area contributed by atoms with Gasteiger partial charge < -0.3 is 10.1 Å². The number of halogens is 2. The van der Waals surface area contributed by atoms with Crippen molar-refractivity contribution in [1.29, 1.82) is 0 Å². The van der Waals surface area contributed by atoms with Crippen LogP contribution >= 0.6 is 23.4 Å². The van der Waals surface area contributed by atoms with E-state index in [1.807, 2.05) is 0 Å². The maximum atomic E-state index is 14.1. The molecule has 7 heteroatoms. The molecule has 1 rings (SSSR count). The van der Waals surface area contributed by atoms with E-state index in [0.29, 0.717) is 4.90 Å². The molecule has 0 bridgehead atoms. The molecule has 1 aromatic rings. The largest absolute Gasteiger partial charge is 0.459 e. The standard InChI is InChI=1S/C18H25ClFNO3S/c1-10(15(22)24-18(5,6)7)25-14-9-13(12(20)8-11(14)19)21-16(23)17(2,3)4/h8-10H,1-7H3,(H,21,23). The van der Waals surface area contributed by atoms with Crippen molar-refractivity contribution in [2.24, 2.45) is 5.41 Å². The maximum absolute atomic E-state index is 14.1. The minimum atomic E-state index is -0.664. The van der Waals surface area contributed by atoms with E-state index in [4.69, 9.17) is 16.3 Å². The van der Waals surface area contributed by atoms with Crippen molar-refractivity contribution in [3.8, 4) is 0 Å². The third kappa shape index (κ3) is 6.86. The number of carbonyl (C=O) groups excluding carboxylic acids is 2. The monoisotopic (exact) mass is 389 g/mol. The molecule has 0 radical (unpaired) electrons. The molecule has 1 N–H and O–H groups in total. The number of ether oxygens (including phenoxy) is 1. The number of benzene rings is 1. The van der Waals surface area contributed by atoms with Gasteiger partial charge in [0.2, 0.25) is 5.91 Å². The van der Waals surface area contributed by atoms with Gasteiger partial charge in [-0.15, -0.1) is 11.8 Å². The lowest BCUT2D eigenvalue weighted by Crippen LogP contribution is -2.29. The van der Waals surface area contributed by atoms with Gasteiger partial charge in [0.05, 0.1) is 10.7 Å². The highest BCUT2D eigenvalue weighted by Crippen LogP contribution is 2.35. The summed E-state index contributed by atoms with van der Waals surface area (Å²) < 4.78 is 19.4. The number of hydrogen-bond donors (Lipinski definition) is 1. The van der Waals surface area contributed by atoms with Gasteiger partial charge in [0, 0.05) is 10.3 Å². The van der Waals surface area contributed by atoms with E-state index in [0.717, 1.165) is 17.8 Å². The van der Waals surface area contributed by atoms with Gasteiger partial charge in [-0.25, -0.2) is 4.39 Å². The molecular weight excluding hydrogens is 365 g/mol. The zero-order valence-electron chi connectivity index (χ0n) is 15.6. The molecule has 0 fully saturated rings. The number of amides is 1. The first-order valence-electron chi connectivity index (χ1n) is 7.91. The minimum absolute atomic E-state index is 0.0308. The third-order valence-electron chi connectivity index (χ3n) is 2.99. The van der Waals surface area contributed by atoms with Crippen molar-refractivity contribution < 1.29 is 18.7 Å². The molecule has 1 aromatic carbocycles. The Bertz CT molecular complexity index is 666. The summed E-state index contributed by atoms with van der Waals surface area (Å²) >= 11 is 7.24. The van der Waals surface area contributed by atoms with Crippen LogP contribution in [0.2, 0.25) is 5.02 Å². The third-order valence-corrected chi connectivity index (χ3v) is 4.56. The van der Waals surface area contributed by atoms with Gasteiger partial charge in [0.1, 0.15) is 16.7 Å². The minimum Gasteiger partial charge on any atom is -0.459 e. The average molecular weight is 390 g/mol. The Hall–Kier alpha value is -1.27. The number of anilines is 1. The van der Waals surface area contributed by atoms with Crippen molar-refractivity contribution in [3.05, 3.63) is 23.0 Å². The van der Waals surface area contributed by atoms with Crippen LogP contribution in [0.1, 0.15) is 48.5 Å². The molecule has 0 heterocycles. The van der Waals surface area contributed by atoms with Crippen LogP contribution in [0, 0.1) is 11.2 Å². The van der Waals surface area contributed by atoms with E-state index in [1.54, 1.807) is 48.5 Å². The Balaban J connectivity index is 2.99. The molecule has 1 amide bonds. The summed E-state index contributed by atoms with van der Waals surface area (Å²) in [7, 11) is 0. The number of thioether (sulfide) groups is 1. The fourth-order valence-corrected chi connectivity index (χ4v) is 2.81. The van der Waals surface area contributed by atoms with Crippen LogP contribution in [-0.2, 0) is 14.3 Å². The van der Waals surface area contributed by atoms with Gasteiger partial charge in [0.25, 0.3) is 0 Å². The second-order valence-corrected chi connectivity index (χ2v) is 9.55. The lowest BCUT2D eigenvalue weighted by molar-refractivity contribution is -0.153. The van der Waals surface area contributed by atoms with E-state index < -0.39 is 28.1 Å². The van der Waals surface area contributed by atoms with E-state index in [9.17, 15) is 14.0 Å². The van der Waals surface area contributed by atoms with E-state index in [2.05, 4.69) is 5.32 Å². The summed E-state index contributed by atoms with van der Waals surface area (Å²) in [4.78, 5) is 24.7. The normalized spacial score (nSPS) is 13.3. The number of rotatable bonds is 4. The number of esters is 1. The summed E-state index contributed by atoms with van der Waals surface area (Å²) in [5.74, 6) is -1.33. The van der Waals surface area contributed by atoms with Crippen LogP contribution < -0.4 is 5.32 Å². The Morgan fingerprint density at radius 2 is 1.76 bits per heavy atom. The van der Waals surface area contributed by atoms with Gasteiger partial charge in [0.15, 0.2) is 0 Å². The Morgan fingerprint density at radius 1 is 1.20 bits per heavy atom. The van der Waals surface area contributed by atoms with Crippen molar-refractivity contribution in [2.75, 3.05) is 5.32 Å². The molecule has 0 aliphatic carbocycles. The summed E-state index contributed by atoms with van der Waals surface area (Å²) in [6, 6.07) is 2.57. The SMILES string of the molecule is CC(Sc1cc(NC(=O)C(C)(C)C)c(F)cc1Cl)C(=O)OC(C)(C)C. The molecule has 140 valence electrons. The molecule has 0 saturated heterocycles. The zero-order valence-corrected chi connectivity index (χ0v) is 17.2. The molecule has 0 spiro atoms. The number of nitrogens with one attached hydrogen (secondary N) is 1. The molecule has 0 aliphatic heterocycles. The van der Waals surface area contributed by atoms with Crippen molar-refractivity contribution in [1.82, 2.24) is 0 Å². The first-order chi connectivity index (χ1) is 11.2. The molecule has 25 heavy (non-hydrogen) atoms. The fourth-order valence-electron chi connectivity index (χ4n) is 1.65. The summed E-state index contributed by atoms with van der Waals surface area (Å²) in [6.07, 6.45) is 0. The Morgan fingerprint density at radius 3 is 2.24 bits per heavy atom. The highest BCUT2D eigenvalue weighted by Gasteiger charge is 2.25. The summed E-state index contributed by atoms with van der Waals surface area (Å²) in [5, 5.41) is 2.20. The summed E-state index contributed by atoms with van der Waals surface area (Å²) in [6.45, 7) is 12.2. The van der Waals surface area contributed by atoms with Gasteiger partial charge in [-0.1, -0.05) is 32.4 Å². The molecule has 1 unspecified atom stereocenters. The van der Waals surface area contributed by atoms with Crippen molar-refractivity contribution in [3.63, 3.8) is 0 Å².